The van der Waals surface area contributed by atoms with Crippen LogP contribution in [0.3, 0.4) is 0 Å². The molecule has 100 valence electrons. The number of hydrogen-bond donors (Lipinski definition) is 1. The fourth-order valence-corrected chi connectivity index (χ4v) is 3.04. The van der Waals surface area contributed by atoms with Gasteiger partial charge < -0.3 is 9.84 Å². The molecule has 3 nitrogen and oxygen atoms in total. The molecule has 1 N–H and O–H groups in total. The van der Waals surface area contributed by atoms with E-state index >= 15 is 0 Å². The van der Waals surface area contributed by atoms with E-state index in [0.29, 0.717) is 19.3 Å². The first-order chi connectivity index (χ1) is 8.46. The Hall–Kier alpha value is -1.31. The van der Waals surface area contributed by atoms with Crippen LogP contribution < -0.4 is 0 Å². The molecule has 0 aromatic rings. The molecule has 3 heteroatoms. The minimum Gasteiger partial charge on any atom is -0.469 e. The van der Waals surface area contributed by atoms with Gasteiger partial charge in [-0.15, -0.1) is 12.3 Å². The summed E-state index contributed by atoms with van der Waals surface area (Å²) in [6.45, 7) is 8.96. The second-order valence-corrected chi connectivity index (χ2v) is 5.05. The van der Waals surface area contributed by atoms with Gasteiger partial charge in [0, 0.05) is 5.92 Å². The summed E-state index contributed by atoms with van der Waals surface area (Å²) in [6.07, 6.45) is 6.08. The van der Waals surface area contributed by atoms with E-state index in [0.717, 1.165) is 6.42 Å². The average Bonchev–Trinajstić information content (AvgIpc) is 2.61. The van der Waals surface area contributed by atoms with E-state index < -0.39 is 11.0 Å². The molecule has 0 saturated heterocycles. The van der Waals surface area contributed by atoms with E-state index in [4.69, 9.17) is 4.74 Å². The Labute approximate surface area is 109 Å². The van der Waals surface area contributed by atoms with Gasteiger partial charge in [-0.05, 0) is 38.7 Å². The minimum atomic E-state index is -1.11. The molecule has 0 aromatic carbocycles. The predicted octanol–water partition coefficient (Wildman–Crippen LogP) is 2.61. The molecule has 1 aliphatic rings. The lowest BCUT2D eigenvalue weighted by molar-refractivity contribution is -0.170. The second-order valence-electron chi connectivity index (χ2n) is 5.05. The Morgan fingerprint density at radius 1 is 1.67 bits per heavy atom. The highest BCUT2D eigenvalue weighted by Gasteiger charge is 2.60. The van der Waals surface area contributed by atoms with E-state index in [-0.39, 0.29) is 11.9 Å². The van der Waals surface area contributed by atoms with Gasteiger partial charge in [-0.25, -0.2) is 0 Å². The van der Waals surface area contributed by atoms with E-state index in [1.165, 1.54) is 7.11 Å². The van der Waals surface area contributed by atoms with Crippen LogP contribution >= 0.6 is 0 Å². The Kier molecular flexibility index (Phi) is 4.55. The minimum absolute atomic E-state index is 0.0793. The van der Waals surface area contributed by atoms with Crippen molar-refractivity contribution in [2.75, 3.05) is 7.11 Å². The van der Waals surface area contributed by atoms with Crippen molar-refractivity contribution in [1.82, 2.24) is 0 Å². The van der Waals surface area contributed by atoms with Crippen molar-refractivity contribution in [2.24, 2.45) is 11.3 Å². The molecule has 1 fully saturated rings. The van der Waals surface area contributed by atoms with Crippen LogP contribution in [0.1, 0.15) is 32.6 Å². The first-order valence-corrected chi connectivity index (χ1v) is 6.24. The third-order valence-corrected chi connectivity index (χ3v) is 4.29. The van der Waals surface area contributed by atoms with Crippen LogP contribution in [0.2, 0.25) is 0 Å². The molecule has 1 saturated carbocycles. The molecular formula is C15H22O3. The number of esters is 1. The molecule has 18 heavy (non-hydrogen) atoms. The lowest BCUT2D eigenvalue weighted by Crippen LogP contribution is -2.50. The molecule has 0 radical (unpaired) electrons. The van der Waals surface area contributed by atoms with Gasteiger partial charge in [-0.2, -0.15) is 0 Å². The SMILES string of the molecule is C=C=CCC[C@]1(C(=O)OC)CC[C@H](C=C)[C@@]1(C)O. The molecule has 0 spiro atoms. The Bertz CT molecular complexity index is 377. The van der Waals surface area contributed by atoms with E-state index in [1.54, 1.807) is 19.1 Å². The number of carbonyl (C=O) groups is 1. The smallest absolute Gasteiger partial charge is 0.314 e. The standard InChI is InChI=1S/C15H22O3/c1-5-7-8-10-15(13(16)18-4)11-9-12(6-2)14(15,3)17/h6-7,12,17H,1-2,8-11H2,3-4H3/t12-,14+,15+/m0/s1. The topological polar surface area (TPSA) is 46.5 Å². The number of rotatable bonds is 5. The number of allylic oxidation sites excluding steroid dienone is 1. The van der Waals surface area contributed by atoms with Crippen molar-refractivity contribution in [2.45, 2.75) is 38.2 Å². The third kappa shape index (κ3) is 2.16. The van der Waals surface area contributed by atoms with Crippen LogP contribution in [0.4, 0.5) is 0 Å². The summed E-state index contributed by atoms with van der Waals surface area (Å²) in [5.41, 5.74) is 0.722. The third-order valence-electron chi connectivity index (χ3n) is 4.29. The maximum atomic E-state index is 12.1. The normalized spacial score (nSPS) is 34.7. The first-order valence-electron chi connectivity index (χ1n) is 6.24. The maximum absolute atomic E-state index is 12.1. The summed E-state index contributed by atoms with van der Waals surface area (Å²) in [5, 5.41) is 10.7. The zero-order valence-corrected chi connectivity index (χ0v) is 11.2. The summed E-state index contributed by atoms with van der Waals surface area (Å²) < 4.78 is 4.91. The maximum Gasteiger partial charge on any atom is 0.314 e. The largest absolute Gasteiger partial charge is 0.469 e. The van der Waals surface area contributed by atoms with Crippen molar-refractivity contribution in [3.8, 4) is 0 Å². The number of aliphatic hydroxyl groups is 1. The predicted molar refractivity (Wildman–Crippen MR) is 70.9 cm³/mol. The van der Waals surface area contributed by atoms with Crippen molar-refractivity contribution in [3.05, 3.63) is 31.0 Å². The van der Waals surface area contributed by atoms with Crippen LogP contribution in [0, 0.1) is 11.3 Å². The van der Waals surface area contributed by atoms with Crippen LogP contribution in [0.15, 0.2) is 31.0 Å². The zero-order valence-electron chi connectivity index (χ0n) is 11.2. The van der Waals surface area contributed by atoms with Gasteiger partial charge in [0.15, 0.2) is 0 Å². The molecule has 0 aromatic heterocycles. The highest BCUT2D eigenvalue weighted by atomic mass is 16.5. The molecular weight excluding hydrogens is 228 g/mol. The molecule has 0 amide bonds. The molecule has 0 unspecified atom stereocenters. The molecule has 1 rings (SSSR count). The Morgan fingerprint density at radius 3 is 2.78 bits per heavy atom. The lowest BCUT2D eigenvalue weighted by Gasteiger charge is -2.39. The summed E-state index contributed by atoms with van der Waals surface area (Å²) in [7, 11) is 1.37. The van der Waals surface area contributed by atoms with Gasteiger partial charge >= 0.3 is 5.97 Å². The molecule has 0 aliphatic heterocycles. The van der Waals surface area contributed by atoms with Crippen LogP contribution in [-0.4, -0.2) is 23.8 Å². The molecule has 0 heterocycles. The summed E-state index contributed by atoms with van der Waals surface area (Å²) in [5.74, 6) is -0.418. The fraction of sp³-hybridized carbons (Fsp3) is 0.600. The van der Waals surface area contributed by atoms with E-state index in [1.807, 2.05) is 0 Å². The van der Waals surface area contributed by atoms with Crippen LogP contribution in [0.5, 0.6) is 0 Å². The Balaban J connectivity index is 3.09. The van der Waals surface area contributed by atoms with Gasteiger partial charge in [0.1, 0.15) is 0 Å². The second kappa shape index (κ2) is 5.55. The van der Waals surface area contributed by atoms with Gasteiger partial charge in [-0.3, -0.25) is 4.79 Å². The molecule has 1 aliphatic carbocycles. The number of methoxy groups -OCH3 is 1. The van der Waals surface area contributed by atoms with Crippen molar-refractivity contribution < 1.29 is 14.6 Å². The van der Waals surface area contributed by atoms with Crippen LogP contribution in [-0.2, 0) is 9.53 Å². The molecule has 0 bridgehead atoms. The van der Waals surface area contributed by atoms with Crippen molar-refractivity contribution in [1.29, 1.82) is 0 Å². The first kappa shape index (κ1) is 14.7. The van der Waals surface area contributed by atoms with Gasteiger partial charge in [0.2, 0.25) is 0 Å². The fourth-order valence-electron chi connectivity index (χ4n) is 3.04. The van der Waals surface area contributed by atoms with E-state index in [2.05, 4.69) is 18.9 Å². The lowest BCUT2D eigenvalue weighted by atomic mass is 9.69. The quantitative estimate of drug-likeness (QED) is 0.463. The number of ether oxygens (including phenoxy) is 1. The van der Waals surface area contributed by atoms with Crippen molar-refractivity contribution >= 4 is 5.97 Å². The number of hydrogen-bond acceptors (Lipinski definition) is 3. The molecule has 3 atom stereocenters. The summed E-state index contributed by atoms with van der Waals surface area (Å²) in [6, 6.07) is 0. The van der Waals surface area contributed by atoms with Gasteiger partial charge in [-0.1, -0.05) is 12.7 Å². The monoisotopic (exact) mass is 250 g/mol. The van der Waals surface area contributed by atoms with Crippen LogP contribution in [0.25, 0.3) is 0 Å². The highest BCUT2D eigenvalue weighted by molar-refractivity contribution is 5.79. The highest BCUT2D eigenvalue weighted by Crippen LogP contribution is 2.53. The summed E-state index contributed by atoms with van der Waals surface area (Å²) >= 11 is 0. The Morgan fingerprint density at radius 2 is 2.33 bits per heavy atom. The number of carbonyl (C=O) groups excluding carboxylic acids is 1. The average molecular weight is 250 g/mol. The van der Waals surface area contributed by atoms with Crippen molar-refractivity contribution in [3.63, 3.8) is 0 Å². The van der Waals surface area contributed by atoms with E-state index in [9.17, 15) is 9.90 Å². The summed E-state index contributed by atoms with van der Waals surface area (Å²) in [4.78, 5) is 12.1. The zero-order chi connectivity index (χ0) is 13.8. The van der Waals surface area contributed by atoms with Gasteiger partial charge in [0.25, 0.3) is 0 Å². The van der Waals surface area contributed by atoms with Gasteiger partial charge in [0.05, 0.1) is 18.1 Å².